The third kappa shape index (κ3) is 3.63. The van der Waals surface area contributed by atoms with E-state index in [1.54, 1.807) is 18.2 Å². The summed E-state index contributed by atoms with van der Waals surface area (Å²) in [6.07, 6.45) is 0. The average molecular weight is 381 g/mol. The molecule has 0 saturated heterocycles. The molecule has 25 heavy (non-hydrogen) atoms. The van der Waals surface area contributed by atoms with Gasteiger partial charge in [-0.2, -0.15) is 0 Å². The minimum absolute atomic E-state index is 0.0203. The highest BCUT2D eigenvalue weighted by atomic mass is 32.2. The molecule has 3 rings (SSSR count). The van der Waals surface area contributed by atoms with Gasteiger partial charge in [-0.15, -0.1) is 0 Å². The van der Waals surface area contributed by atoms with Crippen molar-refractivity contribution in [2.45, 2.75) is 15.8 Å². The number of imidazole rings is 1. The molecule has 0 radical (unpaired) electrons. The second-order valence-electron chi connectivity index (χ2n) is 5.41. The molecule has 0 aliphatic rings. The van der Waals surface area contributed by atoms with E-state index in [0.717, 1.165) is 11.1 Å². The molecular weight excluding hydrogens is 365 g/mol. The molecule has 0 amide bonds. The highest BCUT2D eigenvalue weighted by molar-refractivity contribution is 7.98. The van der Waals surface area contributed by atoms with E-state index in [2.05, 4.69) is 4.98 Å². The summed E-state index contributed by atoms with van der Waals surface area (Å²) in [5.74, 6) is 0.301. The number of primary sulfonamides is 1. The molecule has 3 aromatic rings. The number of benzene rings is 2. The number of rotatable bonds is 5. The molecular formula is C16H16FN3O3S2. The van der Waals surface area contributed by atoms with Crippen LogP contribution in [0.5, 0.6) is 5.75 Å². The van der Waals surface area contributed by atoms with Crippen LogP contribution in [0.4, 0.5) is 4.39 Å². The number of methoxy groups -OCH3 is 1. The predicted molar refractivity (Wildman–Crippen MR) is 94.6 cm³/mol. The molecule has 0 saturated carbocycles. The summed E-state index contributed by atoms with van der Waals surface area (Å²) in [5.41, 5.74) is 2.12. The van der Waals surface area contributed by atoms with Crippen LogP contribution in [0.1, 0.15) is 5.56 Å². The molecule has 0 aliphatic heterocycles. The van der Waals surface area contributed by atoms with Gasteiger partial charge in [-0.05, 0) is 35.9 Å². The molecule has 1 aromatic heterocycles. The fourth-order valence-corrected chi connectivity index (χ4v) is 3.87. The topological polar surface area (TPSA) is 87.2 Å². The first kappa shape index (κ1) is 17.7. The van der Waals surface area contributed by atoms with Crippen LogP contribution in [0.3, 0.4) is 0 Å². The van der Waals surface area contributed by atoms with Gasteiger partial charge in [-0.3, -0.25) is 0 Å². The minimum Gasteiger partial charge on any atom is -0.494 e. The lowest BCUT2D eigenvalue weighted by atomic mass is 10.2. The van der Waals surface area contributed by atoms with Crippen molar-refractivity contribution in [3.8, 4) is 5.75 Å². The Kier molecular flexibility index (Phi) is 4.72. The molecule has 9 heteroatoms. The zero-order valence-corrected chi connectivity index (χ0v) is 15.2. The van der Waals surface area contributed by atoms with E-state index in [-0.39, 0.29) is 10.6 Å². The summed E-state index contributed by atoms with van der Waals surface area (Å²) < 4.78 is 43.4. The highest BCUT2D eigenvalue weighted by Crippen LogP contribution is 2.28. The first-order chi connectivity index (χ1) is 11.8. The largest absolute Gasteiger partial charge is 0.494 e. The molecule has 0 fully saturated rings. The Labute approximate surface area is 148 Å². The number of ether oxygens (including phenoxy) is 1. The van der Waals surface area contributed by atoms with Gasteiger partial charge in [0, 0.05) is 12.8 Å². The fraction of sp³-hybridized carbons (Fsp3) is 0.188. The lowest BCUT2D eigenvalue weighted by molar-refractivity contribution is 0.386. The van der Waals surface area contributed by atoms with Crippen molar-refractivity contribution in [1.29, 1.82) is 0 Å². The van der Waals surface area contributed by atoms with E-state index >= 15 is 0 Å². The average Bonchev–Trinajstić information content (AvgIpc) is 2.88. The van der Waals surface area contributed by atoms with Crippen molar-refractivity contribution in [3.63, 3.8) is 0 Å². The molecule has 132 valence electrons. The van der Waals surface area contributed by atoms with Crippen LogP contribution in [-0.2, 0) is 22.8 Å². The normalized spacial score (nSPS) is 11.8. The maximum atomic E-state index is 13.8. The molecule has 0 spiro atoms. The van der Waals surface area contributed by atoms with E-state index in [4.69, 9.17) is 9.88 Å². The number of aryl methyl sites for hydroxylation is 1. The second-order valence-corrected chi connectivity index (χ2v) is 7.91. The van der Waals surface area contributed by atoms with Gasteiger partial charge >= 0.3 is 0 Å². The number of hydrogen-bond acceptors (Lipinski definition) is 5. The smallest absolute Gasteiger partial charge is 0.238 e. The third-order valence-electron chi connectivity index (χ3n) is 3.72. The number of nitrogens with two attached hydrogens (primary N) is 1. The van der Waals surface area contributed by atoms with E-state index < -0.39 is 15.8 Å². The Balaban J connectivity index is 1.86. The van der Waals surface area contributed by atoms with Gasteiger partial charge in [-0.1, -0.05) is 17.8 Å². The quantitative estimate of drug-likeness (QED) is 0.687. The van der Waals surface area contributed by atoms with Gasteiger partial charge in [0.2, 0.25) is 10.0 Å². The van der Waals surface area contributed by atoms with E-state index in [1.165, 1.54) is 37.1 Å². The van der Waals surface area contributed by atoms with Crippen molar-refractivity contribution in [1.82, 2.24) is 9.55 Å². The molecule has 2 aromatic carbocycles. The monoisotopic (exact) mass is 381 g/mol. The Morgan fingerprint density at radius 2 is 2.04 bits per heavy atom. The zero-order valence-electron chi connectivity index (χ0n) is 13.6. The van der Waals surface area contributed by atoms with Crippen LogP contribution in [0.25, 0.3) is 11.0 Å². The van der Waals surface area contributed by atoms with Gasteiger partial charge in [0.25, 0.3) is 0 Å². The summed E-state index contributed by atoms with van der Waals surface area (Å²) >= 11 is 1.43. The molecule has 0 unspecified atom stereocenters. The second kappa shape index (κ2) is 6.66. The number of thioether (sulfide) groups is 1. The Hall–Kier alpha value is -2.10. The van der Waals surface area contributed by atoms with Crippen molar-refractivity contribution in [2.24, 2.45) is 12.2 Å². The molecule has 0 aliphatic carbocycles. The van der Waals surface area contributed by atoms with Crippen molar-refractivity contribution in [3.05, 3.63) is 47.8 Å². The summed E-state index contributed by atoms with van der Waals surface area (Å²) in [5, 5.41) is 5.84. The Morgan fingerprint density at radius 1 is 1.28 bits per heavy atom. The van der Waals surface area contributed by atoms with Gasteiger partial charge < -0.3 is 9.30 Å². The van der Waals surface area contributed by atoms with Crippen LogP contribution in [0, 0.1) is 5.82 Å². The maximum Gasteiger partial charge on any atom is 0.238 e. The minimum atomic E-state index is -3.77. The summed E-state index contributed by atoms with van der Waals surface area (Å²) in [4.78, 5) is 4.47. The number of hydrogen-bond donors (Lipinski definition) is 1. The molecule has 6 nitrogen and oxygen atoms in total. The highest BCUT2D eigenvalue weighted by Gasteiger charge is 2.14. The van der Waals surface area contributed by atoms with E-state index in [9.17, 15) is 12.8 Å². The summed E-state index contributed by atoms with van der Waals surface area (Å²) in [7, 11) is -0.519. The Morgan fingerprint density at radius 3 is 2.68 bits per heavy atom. The third-order valence-corrected chi connectivity index (χ3v) is 5.74. The first-order valence-electron chi connectivity index (χ1n) is 7.24. The number of halogens is 1. The number of fused-ring (bicyclic) bond motifs is 1. The van der Waals surface area contributed by atoms with Crippen LogP contribution in [0.15, 0.2) is 46.5 Å². The van der Waals surface area contributed by atoms with Gasteiger partial charge in [-0.25, -0.2) is 22.9 Å². The molecule has 1 heterocycles. The van der Waals surface area contributed by atoms with Crippen LogP contribution in [-0.4, -0.2) is 25.1 Å². The van der Waals surface area contributed by atoms with Gasteiger partial charge in [0.1, 0.15) is 0 Å². The standard InChI is InChI=1S/C16H16FN3O3S2/c1-20-14-5-4-11(25(18,21)22)8-13(14)19-16(20)24-9-10-3-6-15(23-2)12(17)7-10/h3-8H,9H2,1-2H3,(H2,18,21,22). The zero-order chi connectivity index (χ0) is 18.2. The molecule has 0 bridgehead atoms. The lowest BCUT2D eigenvalue weighted by Crippen LogP contribution is -2.11. The van der Waals surface area contributed by atoms with E-state index in [1.807, 2.05) is 11.6 Å². The molecule has 0 atom stereocenters. The van der Waals surface area contributed by atoms with Gasteiger partial charge in [0.05, 0.1) is 23.0 Å². The van der Waals surface area contributed by atoms with Crippen LogP contribution < -0.4 is 9.88 Å². The van der Waals surface area contributed by atoms with Crippen molar-refractivity contribution in [2.75, 3.05) is 7.11 Å². The first-order valence-corrected chi connectivity index (χ1v) is 9.77. The fourth-order valence-electron chi connectivity index (χ4n) is 2.41. The van der Waals surface area contributed by atoms with Gasteiger partial charge in [0.15, 0.2) is 16.7 Å². The predicted octanol–water partition coefficient (Wildman–Crippen LogP) is 2.66. The number of sulfonamides is 1. The van der Waals surface area contributed by atoms with Crippen LogP contribution in [0.2, 0.25) is 0 Å². The number of nitrogens with zero attached hydrogens (tertiary/aromatic N) is 2. The maximum absolute atomic E-state index is 13.8. The SMILES string of the molecule is COc1ccc(CSc2nc3cc(S(N)(=O)=O)ccc3n2C)cc1F. The molecule has 2 N–H and O–H groups in total. The summed E-state index contributed by atoms with van der Waals surface area (Å²) in [6.45, 7) is 0. The van der Waals surface area contributed by atoms with Crippen molar-refractivity contribution < 1.29 is 17.5 Å². The summed E-state index contributed by atoms with van der Waals surface area (Å²) in [6, 6.07) is 9.36. The van der Waals surface area contributed by atoms with Crippen LogP contribution >= 0.6 is 11.8 Å². The lowest BCUT2D eigenvalue weighted by Gasteiger charge is -2.05. The van der Waals surface area contributed by atoms with Crippen molar-refractivity contribution >= 4 is 32.8 Å². The van der Waals surface area contributed by atoms with E-state index in [0.29, 0.717) is 16.4 Å². The Bertz CT molecular complexity index is 1050. The number of aromatic nitrogens is 2.